The van der Waals surface area contributed by atoms with Gasteiger partial charge in [-0.2, -0.15) is 0 Å². The van der Waals surface area contributed by atoms with E-state index in [2.05, 4.69) is 10.3 Å². The van der Waals surface area contributed by atoms with E-state index in [0.29, 0.717) is 46.9 Å². The van der Waals surface area contributed by atoms with Crippen molar-refractivity contribution >= 4 is 22.9 Å². The molecule has 2 aromatic heterocycles. The van der Waals surface area contributed by atoms with Crippen LogP contribution in [0.4, 0.5) is 0 Å². The molecule has 0 radical (unpaired) electrons. The molecule has 3 heterocycles. The molecule has 9 heteroatoms. The van der Waals surface area contributed by atoms with Crippen LogP contribution < -0.4 is 15.8 Å². The molecular weight excluding hydrogens is 376 g/mol. The van der Waals surface area contributed by atoms with Gasteiger partial charge in [0, 0.05) is 18.7 Å². The minimum absolute atomic E-state index is 0.0818. The number of para-hydroxylation sites is 2. The van der Waals surface area contributed by atoms with E-state index >= 15 is 0 Å². The molecule has 1 aliphatic rings. The minimum atomic E-state index is -0.594. The molecule has 9 nitrogen and oxygen atoms in total. The number of fused-ring (bicyclic) bond motifs is 2. The second-order valence-corrected chi connectivity index (χ2v) is 6.67. The van der Waals surface area contributed by atoms with Crippen LogP contribution in [0.15, 0.2) is 39.5 Å². The highest BCUT2D eigenvalue weighted by molar-refractivity contribution is 5.98. The lowest BCUT2D eigenvalue weighted by molar-refractivity contribution is -0.121. The van der Waals surface area contributed by atoms with Crippen LogP contribution in [-0.4, -0.2) is 39.9 Å². The van der Waals surface area contributed by atoms with E-state index in [0.717, 1.165) is 0 Å². The Labute approximate surface area is 165 Å². The van der Waals surface area contributed by atoms with Gasteiger partial charge < -0.3 is 19.4 Å². The minimum Gasteiger partial charge on any atom is -0.481 e. The van der Waals surface area contributed by atoms with Crippen LogP contribution in [0, 0.1) is 0 Å². The Balaban J connectivity index is 1.51. The van der Waals surface area contributed by atoms with Gasteiger partial charge in [0.1, 0.15) is 6.54 Å². The monoisotopic (exact) mass is 396 g/mol. The number of nitrogens with zero attached hydrogens (tertiary/aromatic N) is 3. The van der Waals surface area contributed by atoms with Crippen molar-refractivity contribution in [3.8, 4) is 5.88 Å². The summed E-state index contributed by atoms with van der Waals surface area (Å²) in [4.78, 5) is 43.0. The molecule has 4 rings (SSSR count). The first-order chi connectivity index (χ1) is 14.0. The van der Waals surface area contributed by atoms with Crippen molar-refractivity contribution in [2.75, 3.05) is 13.7 Å². The Kier molecular flexibility index (Phi) is 4.79. The van der Waals surface area contributed by atoms with Crippen molar-refractivity contribution < 1.29 is 18.7 Å². The quantitative estimate of drug-likeness (QED) is 0.673. The maximum atomic E-state index is 12.4. The molecule has 0 aliphatic carbocycles. The number of aromatic nitrogens is 2. The number of amides is 2. The zero-order valence-corrected chi connectivity index (χ0v) is 16.1. The zero-order chi connectivity index (χ0) is 20.5. The molecule has 3 aromatic rings. The predicted octanol–water partition coefficient (Wildman–Crippen LogP) is 1.29. The molecule has 2 amide bonds. The Bertz CT molecular complexity index is 1160. The smallest absolute Gasteiger partial charge is 0.420 e. The Morgan fingerprint density at radius 3 is 2.86 bits per heavy atom. The van der Waals surface area contributed by atoms with E-state index in [-0.39, 0.29) is 24.9 Å². The summed E-state index contributed by atoms with van der Waals surface area (Å²) in [6.07, 6.45) is 0. The lowest BCUT2D eigenvalue weighted by Crippen LogP contribution is -2.30. The largest absolute Gasteiger partial charge is 0.481 e. The highest BCUT2D eigenvalue weighted by Gasteiger charge is 2.29. The maximum Gasteiger partial charge on any atom is 0.420 e. The summed E-state index contributed by atoms with van der Waals surface area (Å²) in [6.45, 7) is 2.89. The predicted molar refractivity (Wildman–Crippen MR) is 104 cm³/mol. The summed E-state index contributed by atoms with van der Waals surface area (Å²) < 4.78 is 11.7. The van der Waals surface area contributed by atoms with Crippen LogP contribution in [0.5, 0.6) is 5.88 Å². The Morgan fingerprint density at radius 1 is 1.31 bits per heavy atom. The third-order valence-corrected chi connectivity index (χ3v) is 4.93. The highest BCUT2D eigenvalue weighted by Crippen LogP contribution is 2.26. The summed E-state index contributed by atoms with van der Waals surface area (Å²) in [6, 6.07) is 8.61. The lowest BCUT2D eigenvalue weighted by atomic mass is 10.1. The number of carbonyl (C=O) groups excluding carboxylic acids is 2. The number of pyridine rings is 1. The van der Waals surface area contributed by atoms with E-state index in [1.807, 2.05) is 6.92 Å². The average molecular weight is 396 g/mol. The number of hydrogen-bond acceptors (Lipinski definition) is 6. The summed E-state index contributed by atoms with van der Waals surface area (Å²) in [5, 5.41) is 2.75. The molecule has 29 heavy (non-hydrogen) atoms. The highest BCUT2D eigenvalue weighted by atomic mass is 16.5. The standard InChI is InChI=1S/C20H20N4O5/c1-3-23-10-14-13(19(23)26)8-12(18(22-14)28-2)9-21-17(25)11-24-15-6-4-5-7-16(15)29-20(24)27/h4-8H,3,9-11H2,1-2H3,(H,21,25). The number of methoxy groups -OCH3 is 1. The van der Waals surface area contributed by atoms with E-state index in [9.17, 15) is 14.4 Å². The number of benzene rings is 1. The summed E-state index contributed by atoms with van der Waals surface area (Å²) in [7, 11) is 1.49. The van der Waals surface area contributed by atoms with Crippen molar-refractivity contribution in [3.05, 3.63) is 57.7 Å². The van der Waals surface area contributed by atoms with Gasteiger partial charge in [0.2, 0.25) is 11.8 Å². The summed E-state index contributed by atoms with van der Waals surface area (Å²) in [5.41, 5.74) is 2.76. The second kappa shape index (κ2) is 7.42. The second-order valence-electron chi connectivity index (χ2n) is 6.67. The fourth-order valence-corrected chi connectivity index (χ4v) is 3.42. The van der Waals surface area contributed by atoms with E-state index in [1.165, 1.54) is 11.7 Å². The normalized spacial score (nSPS) is 13.0. The molecule has 0 bridgehead atoms. The molecule has 0 spiro atoms. The number of ether oxygens (including phenoxy) is 1. The fourth-order valence-electron chi connectivity index (χ4n) is 3.42. The van der Waals surface area contributed by atoms with Crippen molar-refractivity contribution in [2.24, 2.45) is 0 Å². The third-order valence-electron chi connectivity index (χ3n) is 4.93. The third kappa shape index (κ3) is 3.35. The first kappa shape index (κ1) is 18.7. The van der Waals surface area contributed by atoms with Crippen LogP contribution in [0.3, 0.4) is 0 Å². The molecule has 0 unspecified atom stereocenters. The van der Waals surface area contributed by atoms with Crippen molar-refractivity contribution in [3.63, 3.8) is 0 Å². The summed E-state index contributed by atoms with van der Waals surface area (Å²) >= 11 is 0. The topological polar surface area (TPSA) is 107 Å². The number of carbonyl (C=O) groups is 2. The van der Waals surface area contributed by atoms with Crippen LogP contribution >= 0.6 is 0 Å². The average Bonchev–Trinajstić information content (AvgIpc) is 3.21. The van der Waals surface area contributed by atoms with Crippen LogP contribution in [0.2, 0.25) is 0 Å². The van der Waals surface area contributed by atoms with Gasteiger partial charge in [-0.15, -0.1) is 0 Å². The SMILES string of the molecule is CCN1Cc2nc(OC)c(CNC(=O)Cn3c(=O)oc4ccccc43)cc2C1=O. The molecule has 1 aromatic carbocycles. The molecular formula is C20H20N4O5. The van der Waals surface area contributed by atoms with Crippen LogP contribution in [0.1, 0.15) is 28.5 Å². The fraction of sp³-hybridized carbons (Fsp3) is 0.300. The van der Waals surface area contributed by atoms with Crippen molar-refractivity contribution in [1.82, 2.24) is 19.8 Å². The maximum absolute atomic E-state index is 12.4. The van der Waals surface area contributed by atoms with Crippen LogP contribution in [-0.2, 0) is 24.4 Å². The first-order valence-electron chi connectivity index (χ1n) is 9.23. The molecule has 0 fully saturated rings. The molecule has 150 valence electrons. The van der Waals surface area contributed by atoms with Crippen LogP contribution in [0.25, 0.3) is 11.1 Å². The van der Waals surface area contributed by atoms with E-state index < -0.39 is 5.76 Å². The molecule has 1 N–H and O–H groups in total. The Hall–Kier alpha value is -3.62. The molecule has 1 aliphatic heterocycles. The molecule has 0 atom stereocenters. The van der Waals surface area contributed by atoms with E-state index in [1.54, 1.807) is 35.2 Å². The van der Waals surface area contributed by atoms with Gasteiger partial charge in [-0.05, 0) is 25.1 Å². The van der Waals surface area contributed by atoms with Gasteiger partial charge in [0.15, 0.2) is 5.58 Å². The molecule has 0 saturated heterocycles. The van der Waals surface area contributed by atoms with Gasteiger partial charge in [-0.1, -0.05) is 12.1 Å². The van der Waals surface area contributed by atoms with Gasteiger partial charge >= 0.3 is 5.76 Å². The van der Waals surface area contributed by atoms with Gasteiger partial charge in [0.05, 0.1) is 30.4 Å². The van der Waals surface area contributed by atoms with Crippen molar-refractivity contribution in [1.29, 1.82) is 0 Å². The summed E-state index contributed by atoms with van der Waals surface area (Å²) in [5.74, 6) is -0.687. The number of hydrogen-bond donors (Lipinski definition) is 1. The first-order valence-corrected chi connectivity index (χ1v) is 9.23. The lowest BCUT2D eigenvalue weighted by Gasteiger charge is -2.11. The number of rotatable bonds is 6. The van der Waals surface area contributed by atoms with Gasteiger partial charge in [-0.3, -0.25) is 14.2 Å². The Morgan fingerprint density at radius 2 is 2.10 bits per heavy atom. The van der Waals surface area contributed by atoms with Crippen molar-refractivity contribution in [2.45, 2.75) is 26.6 Å². The number of nitrogens with one attached hydrogen (secondary N) is 1. The van der Waals surface area contributed by atoms with E-state index in [4.69, 9.17) is 9.15 Å². The molecule has 0 saturated carbocycles. The zero-order valence-electron chi connectivity index (χ0n) is 16.1. The van der Waals surface area contributed by atoms with Gasteiger partial charge in [0.25, 0.3) is 5.91 Å². The van der Waals surface area contributed by atoms with Gasteiger partial charge in [-0.25, -0.2) is 9.78 Å². The number of oxazole rings is 1.